The van der Waals surface area contributed by atoms with Crippen LogP contribution in [-0.2, 0) is 10.0 Å². The Morgan fingerprint density at radius 1 is 1.04 bits per heavy atom. The van der Waals surface area contributed by atoms with Gasteiger partial charge in [0.15, 0.2) is 5.75 Å². The van der Waals surface area contributed by atoms with Crippen LogP contribution >= 0.6 is 23.2 Å². The van der Waals surface area contributed by atoms with Crippen LogP contribution < -0.4 is 4.74 Å². The minimum atomic E-state index is -3.97. The molecular weight excluding hydrogens is 377 g/mol. The van der Waals surface area contributed by atoms with Crippen molar-refractivity contribution in [3.05, 3.63) is 58.7 Å². The van der Waals surface area contributed by atoms with Gasteiger partial charge in [-0.1, -0.05) is 23.2 Å². The lowest BCUT2D eigenvalue weighted by Crippen LogP contribution is -2.11. The third-order valence-corrected chi connectivity index (χ3v) is 5.44. The van der Waals surface area contributed by atoms with E-state index in [1.165, 1.54) is 42.5 Å². The molecule has 0 amide bonds. The summed E-state index contributed by atoms with van der Waals surface area (Å²) in [4.78, 5) is 10.8. The van der Waals surface area contributed by atoms with E-state index in [0.29, 0.717) is 10.0 Å². The van der Waals surface area contributed by atoms with Crippen LogP contribution in [0, 0.1) is 0 Å². The van der Waals surface area contributed by atoms with Gasteiger partial charge in [-0.25, -0.2) is 17.2 Å². The van der Waals surface area contributed by atoms with Gasteiger partial charge in [0.05, 0.1) is 16.6 Å². The topological polar surface area (TPSA) is 85.6 Å². The van der Waals surface area contributed by atoms with Crippen molar-refractivity contribution < 1.29 is 23.1 Å². The van der Waals surface area contributed by atoms with Gasteiger partial charge >= 0.3 is 6.16 Å². The Bertz CT molecular complexity index is 1040. The van der Waals surface area contributed by atoms with Crippen molar-refractivity contribution in [3.63, 3.8) is 0 Å². The lowest BCUT2D eigenvalue weighted by Gasteiger charge is -2.07. The van der Waals surface area contributed by atoms with Crippen LogP contribution in [0.2, 0.25) is 10.0 Å². The van der Waals surface area contributed by atoms with Crippen LogP contribution in [0.5, 0.6) is 5.75 Å². The molecule has 0 atom stereocenters. The number of fused-ring (bicyclic) bond motifs is 1. The fraction of sp³-hybridized carbons (Fsp3) is 0. The molecule has 0 aliphatic carbocycles. The number of rotatable bonds is 3. The zero-order chi connectivity index (χ0) is 17.5. The highest BCUT2D eigenvalue weighted by molar-refractivity contribution is 7.90. The van der Waals surface area contributed by atoms with Crippen LogP contribution in [0.15, 0.2) is 53.6 Å². The maximum absolute atomic E-state index is 12.8. The molecule has 0 saturated carbocycles. The number of nitrogens with zero attached hydrogens (tertiary/aromatic N) is 1. The van der Waals surface area contributed by atoms with Crippen LogP contribution in [-0.4, -0.2) is 23.7 Å². The number of carboxylic acid groups (broad SMARTS) is 1. The van der Waals surface area contributed by atoms with E-state index >= 15 is 0 Å². The zero-order valence-corrected chi connectivity index (χ0v) is 14.1. The lowest BCUT2D eigenvalue weighted by molar-refractivity contribution is 0.145. The van der Waals surface area contributed by atoms with Crippen molar-refractivity contribution in [1.82, 2.24) is 3.97 Å². The number of benzene rings is 2. The van der Waals surface area contributed by atoms with Gasteiger partial charge in [-0.15, -0.1) is 0 Å². The standard InChI is InChI=1S/C15H9Cl2NO5S/c16-9-1-4-11(5-2-9)24(21,22)18-8-14(23-15(19)20)12-7-10(17)3-6-13(12)18/h1-8H,(H,19,20). The normalized spacial score (nSPS) is 11.6. The molecule has 0 aliphatic rings. The third-order valence-electron chi connectivity index (χ3n) is 3.26. The van der Waals surface area contributed by atoms with Crippen LogP contribution in [0.1, 0.15) is 0 Å². The highest BCUT2D eigenvalue weighted by Crippen LogP contribution is 2.33. The van der Waals surface area contributed by atoms with Crippen LogP contribution in [0.3, 0.4) is 0 Å². The molecule has 0 spiro atoms. The molecule has 0 saturated heterocycles. The Labute approximate surface area is 146 Å². The van der Waals surface area contributed by atoms with E-state index in [1.807, 2.05) is 0 Å². The highest BCUT2D eigenvalue weighted by atomic mass is 35.5. The third kappa shape index (κ3) is 2.93. The van der Waals surface area contributed by atoms with Crippen molar-refractivity contribution in [2.24, 2.45) is 0 Å². The number of halogens is 2. The lowest BCUT2D eigenvalue weighted by atomic mass is 10.2. The predicted molar refractivity (Wildman–Crippen MR) is 89.6 cm³/mol. The molecule has 0 aliphatic heterocycles. The number of hydrogen-bond donors (Lipinski definition) is 1. The highest BCUT2D eigenvalue weighted by Gasteiger charge is 2.23. The van der Waals surface area contributed by atoms with Gasteiger partial charge in [0.25, 0.3) is 10.0 Å². The van der Waals surface area contributed by atoms with Gasteiger partial charge in [0.2, 0.25) is 0 Å². The molecule has 6 nitrogen and oxygen atoms in total. The largest absolute Gasteiger partial charge is 0.511 e. The molecule has 1 aromatic heterocycles. The van der Waals surface area contributed by atoms with Crippen molar-refractivity contribution in [1.29, 1.82) is 0 Å². The van der Waals surface area contributed by atoms with Gasteiger partial charge in [-0.2, -0.15) is 0 Å². The molecule has 24 heavy (non-hydrogen) atoms. The summed E-state index contributed by atoms with van der Waals surface area (Å²) < 4.78 is 31.3. The Morgan fingerprint density at radius 2 is 1.67 bits per heavy atom. The van der Waals surface area contributed by atoms with Crippen molar-refractivity contribution in [2.75, 3.05) is 0 Å². The fourth-order valence-electron chi connectivity index (χ4n) is 2.24. The molecule has 0 fully saturated rings. The summed E-state index contributed by atoms with van der Waals surface area (Å²) in [5.41, 5.74) is 0.241. The number of aromatic nitrogens is 1. The zero-order valence-electron chi connectivity index (χ0n) is 11.8. The fourth-order valence-corrected chi connectivity index (χ4v) is 3.90. The summed E-state index contributed by atoms with van der Waals surface area (Å²) in [7, 11) is -3.97. The first kappa shape index (κ1) is 16.6. The Balaban J connectivity index is 2.25. The monoisotopic (exact) mass is 385 g/mol. The summed E-state index contributed by atoms with van der Waals surface area (Å²) >= 11 is 11.7. The molecular formula is C15H9Cl2NO5S. The molecule has 9 heteroatoms. The Hall–Kier alpha value is -2.22. The number of carbonyl (C=O) groups is 1. The maximum atomic E-state index is 12.8. The summed E-state index contributed by atoms with van der Waals surface area (Å²) in [6.45, 7) is 0. The van der Waals surface area contributed by atoms with Crippen LogP contribution in [0.25, 0.3) is 10.9 Å². The van der Waals surface area contributed by atoms with E-state index in [9.17, 15) is 13.2 Å². The van der Waals surface area contributed by atoms with E-state index in [4.69, 9.17) is 28.3 Å². The van der Waals surface area contributed by atoms with E-state index < -0.39 is 16.2 Å². The quantitative estimate of drug-likeness (QED) is 0.681. The minimum absolute atomic E-state index is 0.000579. The SMILES string of the molecule is O=C(O)Oc1cn(S(=O)(=O)c2ccc(Cl)cc2)c2ccc(Cl)cc12. The average Bonchev–Trinajstić information content (AvgIpc) is 2.86. The molecule has 3 rings (SSSR count). The van der Waals surface area contributed by atoms with Crippen molar-refractivity contribution in [3.8, 4) is 5.75 Å². The van der Waals surface area contributed by atoms with Gasteiger partial charge in [0, 0.05) is 15.4 Å². The molecule has 0 bridgehead atoms. The van der Waals surface area contributed by atoms with Crippen molar-refractivity contribution in [2.45, 2.75) is 4.90 Å². The first-order valence-electron chi connectivity index (χ1n) is 6.51. The first-order valence-corrected chi connectivity index (χ1v) is 8.71. The second-order valence-corrected chi connectivity index (χ2v) is 7.47. The van der Waals surface area contributed by atoms with E-state index in [2.05, 4.69) is 4.74 Å². The second-order valence-electron chi connectivity index (χ2n) is 4.78. The molecule has 1 N–H and O–H groups in total. The van der Waals surface area contributed by atoms with Gasteiger partial charge in [-0.3, -0.25) is 0 Å². The summed E-state index contributed by atoms with van der Waals surface area (Å²) in [6, 6.07) is 10.0. The predicted octanol–water partition coefficient (Wildman–Crippen LogP) is 4.24. The molecule has 124 valence electrons. The molecule has 3 aromatic rings. The second kappa shape index (κ2) is 6.01. The Kier molecular flexibility index (Phi) is 4.16. The van der Waals surface area contributed by atoms with Crippen molar-refractivity contribution >= 4 is 50.3 Å². The molecule has 2 aromatic carbocycles. The van der Waals surface area contributed by atoms with Crippen LogP contribution in [0.4, 0.5) is 4.79 Å². The smallest absolute Gasteiger partial charge is 0.449 e. The minimum Gasteiger partial charge on any atom is -0.449 e. The summed E-state index contributed by atoms with van der Waals surface area (Å²) in [6.07, 6.45) is -0.461. The summed E-state index contributed by atoms with van der Waals surface area (Å²) in [5.74, 6) is -0.127. The van der Waals surface area contributed by atoms with Gasteiger partial charge in [0.1, 0.15) is 0 Å². The van der Waals surface area contributed by atoms with Gasteiger partial charge in [-0.05, 0) is 42.5 Å². The van der Waals surface area contributed by atoms with E-state index in [1.54, 1.807) is 0 Å². The number of ether oxygens (including phenoxy) is 1. The average molecular weight is 386 g/mol. The molecule has 1 heterocycles. The van der Waals surface area contributed by atoms with E-state index in [-0.39, 0.29) is 21.5 Å². The molecule has 0 radical (unpaired) electrons. The Morgan fingerprint density at radius 3 is 2.29 bits per heavy atom. The number of hydrogen-bond acceptors (Lipinski definition) is 4. The first-order chi connectivity index (χ1) is 11.3. The van der Waals surface area contributed by atoms with Gasteiger partial charge < -0.3 is 9.84 Å². The summed E-state index contributed by atoms with van der Waals surface area (Å²) in [5, 5.41) is 9.81. The maximum Gasteiger partial charge on any atom is 0.511 e. The van der Waals surface area contributed by atoms with E-state index in [0.717, 1.165) is 10.2 Å². The molecule has 0 unspecified atom stereocenters.